The van der Waals surface area contributed by atoms with E-state index in [-0.39, 0.29) is 18.0 Å². The van der Waals surface area contributed by atoms with Gasteiger partial charge in [0.25, 0.3) is 0 Å². The first-order valence-electron chi connectivity index (χ1n) is 9.02. The van der Waals surface area contributed by atoms with Crippen LogP contribution in [0.2, 0.25) is 0 Å². The van der Waals surface area contributed by atoms with Gasteiger partial charge in [0.15, 0.2) is 0 Å². The second-order valence-corrected chi connectivity index (χ2v) is 6.99. The quantitative estimate of drug-likeness (QED) is 0.898. The SMILES string of the molecule is Cc1[nH]c2ccccc2c1CC(=O)N1CCC(N2CCNC2=O)CC1. The molecule has 4 rings (SSSR count). The molecular formula is C19H24N4O2. The first-order valence-corrected chi connectivity index (χ1v) is 9.02. The van der Waals surface area contributed by atoms with E-state index in [9.17, 15) is 9.59 Å². The molecule has 25 heavy (non-hydrogen) atoms. The van der Waals surface area contributed by atoms with Crippen LogP contribution in [0.5, 0.6) is 0 Å². The average Bonchev–Trinajstić information content (AvgIpc) is 3.19. The minimum absolute atomic E-state index is 0.0409. The normalized spacial score (nSPS) is 18.8. The zero-order chi connectivity index (χ0) is 17.4. The van der Waals surface area contributed by atoms with Gasteiger partial charge in [-0.1, -0.05) is 18.2 Å². The number of hydrogen-bond donors (Lipinski definition) is 2. The predicted octanol–water partition coefficient (Wildman–Crippen LogP) is 2.04. The van der Waals surface area contributed by atoms with Gasteiger partial charge >= 0.3 is 6.03 Å². The maximum Gasteiger partial charge on any atom is 0.317 e. The van der Waals surface area contributed by atoms with Crippen LogP contribution in [0, 0.1) is 6.92 Å². The van der Waals surface area contributed by atoms with E-state index in [1.165, 1.54) is 0 Å². The third-order valence-corrected chi connectivity index (χ3v) is 5.50. The summed E-state index contributed by atoms with van der Waals surface area (Å²) in [6, 6.07) is 8.43. The monoisotopic (exact) mass is 340 g/mol. The van der Waals surface area contributed by atoms with Crippen molar-refractivity contribution in [3.63, 3.8) is 0 Å². The molecule has 0 radical (unpaired) electrons. The molecule has 0 saturated carbocycles. The first-order chi connectivity index (χ1) is 12.1. The number of rotatable bonds is 3. The van der Waals surface area contributed by atoms with Crippen molar-refractivity contribution in [2.75, 3.05) is 26.2 Å². The number of urea groups is 1. The lowest BCUT2D eigenvalue weighted by Crippen LogP contribution is -2.48. The van der Waals surface area contributed by atoms with Gasteiger partial charge in [0, 0.05) is 48.8 Å². The Hall–Kier alpha value is -2.50. The third kappa shape index (κ3) is 2.97. The predicted molar refractivity (Wildman–Crippen MR) is 96.4 cm³/mol. The van der Waals surface area contributed by atoms with Crippen molar-refractivity contribution < 1.29 is 9.59 Å². The van der Waals surface area contributed by atoms with Crippen molar-refractivity contribution >= 4 is 22.8 Å². The molecule has 132 valence electrons. The number of nitrogens with one attached hydrogen (secondary N) is 2. The van der Waals surface area contributed by atoms with E-state index in [1.54, 1.807) is 0 Å². The highest BCUT2D eigenvalue weighted by Crippen LogP contribution is 2.24. The van der Waals surface area contributed by atoms with E-state index in [4.69, 9.17) is 0 Å². The van der Waals surface area contributed by atoms with Crippen LogP contribution in [0.3, 0.4) is 0 Å². The van der Waals surface area contributed by atoms with Gasteiger partial charge in [-0.25, -0.2) is 4.79 Å². The summed E-state index contributed by atoms with van der Waals surface area (Å²) in [5.74, 6) is 0.178. The Balaban J connectivity index is 1.41. The second kappa shape index (κ2) is 6.43. The molecule has 3 amide bonds. The summed E-state index contributed by atoms with van der Waals surface area (Å²) >= 11 is 0. The number of likely N-dealkylation sites (tertiary alicyclic amines) is 1. The molecule has 0 bridgehead atoms. The topological polar surface area (TPSA) is 68.4 Å². The maximum absolute atomic E-state index is 12.8. The van der Waals surface area contributed by atoms with Crippen LogP contribution in [0.1, 0.15) is 24.1 Å². The van der Waals surface area contributed by atoms with Crippen molar-refractivity contribution in [1.82, 2.24) is 20.1 Å². The lowest BCUT2D eigenvalue weighted by Gasteiger charge is -2.36. The second-order valence-electron chi connectivity index (χ2n) is 6.99. The Morgan fingerprint density at radius 2 is 1.96 bits per heavy atom. The van der Waals surface area contributed by atoms with Gasteiger partial charge in [-0.15, -0.1) is 0 Å². The molecule has 2 saturated heterocycles. The highest BCUT2D eigenvalue weighted by Gasteiger charge is 2.32. The number of para-hydroxylation sites is 1. The molecule has 0 atom stereocenters. The zero-order valence-corrected chi connectivity index (χ0v) is 14.5. The highest BCUT2D eigenvalue weighted by atomic mass is 16.2. The number of amides is 3. The minimum Gasteiger partial charge on any atom is -0.358 e. The third-order valence-electron chi connectivity index (χ3n) is 5.50. The lowest BCUT2D eigenvalue weighted by atomic mass is 10.0. The maximum atomic E-state index is 12.8. The van der Waals surface area contributed by atoms with E-state index in [0.29, 0.717) is 6.42 Å². The van der Waals surface area contributed by atoms with Gasteiger partial charge in [-0.05, 0) is 31.4 Å². The number of carbonyl (C=O) groups excluding carboxylic acids is 2. The summed E-state index contributed by atoms with van der Waals surface area (Å²) in [5, 5.41) is 3.99. The summed E-state index contributed by atoms with van der Waals surface area (Å²) in [5.41, 5.74) is 3.25. The average molecular weight is 340 g/mol. The van der Waals surface area contributed by atoms with Crippen molar-refractivity contribution in [3.05, 3.63) is 35.5 Å². The Morgan fingerprint density at radius 1 is 1.20 bits per heavy atom. The molecule has 2 aliphatic heterocycles. The number of benzene rings is 1. The summed E-state index contributed by atoms with van der Waals surface area (Å²) in [6.45, 7) is 5.01. The van der Waals surface area contributed by atoms with Gasteiger partial charge in [0.1, 0.15) is 0 Å². The van der Waals surface area contributed by atoms with Gasteiger partial charge < -0.3 is 20.1 Å². The summed E-state index contributed by atoms with van der Waals surface area (Å²) in [7, 11) is 0. The molecule has 1 aromatic carbocycles. The first kappa shape index (κ1) is 16.0. The number of H-pyrrole nitrogens is 1. The number of aryl methyl sites for hydroxylation is 1. The standard InChI is InChI=1S/C19H24N4O2/c1-13-16(15-4-2-3-5-17(15)21-13)12-18(24)22-9-6-14(7-10-22)23-11-8-20-19(23)25/h2-5,14,21H,6-12H2,1H3,(H,20,25). The summed E-state index contributed by atoms with van der Waals surface area (Å²) in [4.78, 5) is 31.8. The minimum atomic E-state index is 0.0409. The van der Waals surface area contributed by atoms with E-state index < -0.39 is 0 Å². The smallest absolute Gasteiger partial charge is 0.317 e. The molecule has 2 fully saturated rings. The molecule has 2 N–H and O–H groups in total. The van der Waals surface area contributed by atoms with E-state index in [1.807, 2.05) is 34.9 Å². The van der Waals surface area contributed by atoms with E-state index in [2.05, 4.69) is 16.4 Å². The lowest BCUT2D eigenvalue weighted by molar-refractivity contribution is -0.131. The van der Waals surface area contributed by atoms with Crippen molar-refractivity contribution in [1.29, 1.82) is 0 Å². The van der Waals surface area contributed by atoms with Crippen LogP contribution in [0.25, 0.3) is 10.9 Å². The molecular weight excluding hydrogens is 316 g/mol. The largest absolute Gasteiger partial charge is 0.358 e. The fraction of sp³-hybridized carbons (Fsp3) is 0.474. The number of hydrogen-bond acceptors (Lipinski definition) is 2. The van der Waals surface area contributed by atoms with Crippen LogP contribution in [-0.2, 0) is 11.2 Å². The van der Waals surface area contributed by atoms with Gasteiger partial charge in [0.05, 0.1) is 6.42 Å². The fourth-order valence-corrected chi connectivity index (χ4v) is 4.09. The molecule has 2 aliphatic rings. The van der Waals surface area contributed by atoms with Crippen LogP contribution >= 0.6 is 0 Å². The molecule has 1 aromatic heterocycles. The van der Waals surface area contributed by atoms with Crippen molar-refractivity contribution in [3.8, 4) is 0 Å². The van der Waals surface area contributed by atoms with Crippen LogP contribution < -0.4 is 5.32 Å². The Kier molecular flexibility index (Phi) is 4.11. The molecule has 0 unspecified atom stereocenters. The number of aromatic nitrogens is 1. The zero-order valence-electron chi connectivity index (χ0n) is 14.5. The molecule has 6 nitrogen and oxygen atoms in total. The number of piperidine rings is 1. The van der Waals surface area contributed by atoms with E-state index in [0.717, 1.165) is 61.2 Å². The summed E-state index contributed by atoms with van der Waals surface area (Å²) < 4.78 is 0. The molecule has 0 aliphatic carbocycles. The van der Waals surface area contributed by atoms with E-state index >= 15 is 0 Å². The van der Waals surface area contributed by atoms with Gasteiger partial charge in [-0.3, -0.25) is 4.79 Å². The molecule has 0 spiro atoms. The van der Waals surface area contributed by atoms with Crippen LogP contribution in [0.4, 0.5) is 4.79 Å². The van der Waals surface area contributed by atoms with Crippen LogP contribution in [0.15, 0.2) is 24.3 Å². The molecule has 3 heterocycles. The number of fused-ring (bicyclic) bond motifs is 1. The van der Waals surface area contributed by atoms with Gasteiger partial charge in [0.2, 0.25) is 5.91 Å². The van der Waals surface area contributed by atoms with Crippen LogP contribution in [-0.4, -0.2) is 58.9 Å². The highest BCUT2D eigenvalue weighted by molar-refractivity contribution is 5.90. The number of aromatic amines is 1. The van der Waals surface area contributed by atoms with Crippen molar-refractivity contribution in [2.24, 2.45) is 0 Å². The number of carbonyl (C=O) groups is 2. The fourth-order valence-electron chi connectivity index (χ4n) is 4.09. The molecule has 6 heteroatoms. The van der Waals surface area contributed by atoms with Gasteiger partial charge in [-0.2, -0.15) is 0 Å². The Labute approximate surface area is 147 Å². The number of nitrogens with zero attached hydrogens (tertiary/aromatic N) is 2. The van der Waals surface area contributed by atoms with Crippen molar-refractivity contribution in [2.45, 2.75) is 32.2 Å². The molecule has 2 aromatic rings. The Bertz CT molecular complexity index is 805. The summed E-state index contributed by atoms with van der Waals surface area (Å²) in [6.07, 6.45) is 2.17. The Morgan fingerprint density at radius 3 is 2.68 bits per heavy atom.